The third-order valence-electron chi connectivity index (χ3n) is 0.839. The number of benzene rings is 1. The number of alkyl halides is 3. The van der Waals surface area contributed by atoms with Gasteiger partial charge in [-0.05, 0) is 6.07 Å². The number of carboxylic acid groups (broad SMARTS) is 1. The van der Waals surface area contributed by atoms with Crippen molar-refractivity contribution < 1.29 is 50.7 Å². The van der Waals surface area contributed by atoms with Gasteiger partial charge < -0.3 is 9.90 Å². The maximum absolute atomic E-state index is 10.5. The van der Waals surface area contributed by atoms with Crippen molar-refractivity contribution in [2.75, 3.05) is 0 Å². The fourth-order valence-corrected chi connectivity index (χ4v) is 0.342. The Morgan fingerprint density at radius 2 is 1.50 bits per heavy atom. The maximum atomic E-state index is 10.5. The summed E-state index contributed by atoms with van der Waals surface area (Å²) in [6.07, 6.45) is -5.19. The van der Waals surface area contributed by atoms with Crippen molar-refractivity contribution >= 4 is 5.97 Å². The summed E-state index contributed by atoms with van der Waals surface area (Å²) in [5.74, 6) is -3.01. The third kappa shape index (κ3) is 9.50. The zero-order valence-corrected chi connectivity index (χ0v) is 12.5. The molecule has 1 aromatic carbocycles. The van der Waals surface area contributed by atoms with E-state index < -0.39 is 12.1 Å². The van der Waals surface area contributed by atoms with Crippen molar-refractivity contribution in [2.24, 2.45) is 0 Å². The van der Waals surface area contributed by atoms with Gasteiger partial charge in [0.1, 0.15) is 5.97 Å². The van der Waals surface area contributed by atoms with Gasteiger partial charge in [-0.25, -0.2) is 0 Å². The molecule has 0 aliphatic carbocycles. The Bertz CT molecular complexity index is 222. The molecule has 0 fully saturated rings. The minimum Gasteiger partial charge on any atom is -0.542 e. The summed E-state index contributed by atoms with van der Waals surface area (Å²) >= 11 is 0. The zero-order valence-electron chi connectivity index (χ0n) is 7.04. The first-order chi connectivity index (χ1) is 5.94. The Morgan fingerprint density at radius 3 is 1.57 bits per heavy atom. The Hall–Kier alpha value is -0.585. The molecule has 0 spiro atoms. The number of carboxylic acids is 1. The Morgan fingerprint density at radius 1 is 1.14 bits per heavy atom. The number of carbonyl (C=O) groups is 1. The topological polar surface area (TPSA) is 40.1 Å². The molecule has 2 radical (unpaired) electrons. The van der Waals surface area contributed by atoms with Gasteiger partial charge in [0.25, 0.3) is 0 Å². The minimum atomic E-state index is -5.19. The quantitative estimate of drug-likeness (QED) is 0.614. The smallest absolute Gasteiger partial charge is 0.542 e. The Balaban J connectivity index is 0. The molecule has 6 heteroatoms. The molecule has 0 saturated heterocycles. The van der Waals surface area contributed by atoms with Gasteiger partial charge in [-0.15, -0.1) is 0 Å². The molecule has 14 heavy (non-hydrogen) atoms. The van der Waals surface area contributed by atoms with E-state index in [4.69, 9.17) is 9.90 Å². The second-order valence-corrected chi connectivity index (χ2v) is 1.86. The van der Waals surface area contributed by atoms with Gasteiger partial charge in [-0.3, -0.25) is 0 Å². The molecule has 0 heterocycles. The van der Waals surface area contributed by atoms with E-state index in [1.54, 1.807) is 0 Å². The molecule has 2 nitrogen and oxygen atoms in total. The molecule has 0 amide bonds. The van der Waals surface area contributed by atoms with Crippen molar-refractivity contribution in [3.63, 3.8) is 0 Å². The van der Waals surface area contributed by atoms with E-state index in [-0.39, 0.29) is 27.7 Å². The fraction of sp³-hybridized carbons (Fsp3) is 0.125. The molecule has 0 bridgehead atoms. The standard InChI is InChI=1S/C6H5.C2HF3O2.Hg/c1-2-4-6-5-3-1;3-2(4,5)1(6)7;/h1-5H;(H,6,7);/q;;+1/p-1. The number of aliphatic carboxylic acids is 1. The summed E-state index contributed by atoms with van der Waals surface area (Å²) in [5, 5.41) is 8.78. The number of hydrogen-bond acceptors (Lipinski definition) is 2. The predicted octanol–water partition coefficient (Wildman–Crippen LogP) is 0.783. The van der Waals surface area contributed by atoms with Crippen LogP contribution in [-0.4, -0.2) is 12.1 Å². The van der Waals surface area contributed by atoms with E-state index in [1.807, 2.05) is 30.3 Å². The van der Waals surface area contributed by atoms with E-state index in [1.165, 1.54) is 0 Å². The molecule has 0 aromatic heterocycles. The molecule has 0 aliphatic rings. The van der Waals surface area contributed by atoms with Gasteiger partial charge >= 0.3 is 33.8 Å². The van der Waals surface area contributed by atoms with Crippen LogP contribution in [0.5, 0.6) is 0 Å². The minimum absolute atomic E-state index is 0. The van der Waals surface area contributed by atoms with Crippen LogP contribution in [0, 0.1) is 6.07 Å². The summed E-state index contributed by atoms with van der Waals surface area (Å²) in [6, 6.07) is 12.5. The van der Waals surface area contributed by atoms with Crippen LogP contribution in [0.15, 0.2) is 30.3 Å². The van der Waals surface area contributed by atoms with Crippen LogP contribution in [0.25, 0.3) is 0 Å². The summed E-state index contributed by atoms with van der Waals surface area (Å²) < 4.78 is 31.5. The average Bonchev–Trinajstić information content (AvgIpc) is 2.07. The van der Waals surface area contributed by atoms with Crippen LogP contribution >= 0.6 is 0 Å². The molecule has 0 aliphatic heterocycles. The largest absolute Gasteiger partial charge is 1.00 e. The van der Waals surface area contributed by atoms with Crippen molar-refractivity contribution in [2.45, 2.75) is 6.18 Å². The molecular formula is C8H5F3HgO2. The van der Waals surface area contributed by atoms with Crippen LogP contribution in [0.4, 0.5) is 13.2 Å². The molecule has 0 saturated carbocycles. The summed E-state index contributed by atoms with van der Waals surface area (Å²) in [7, 11) is 0. The fourth-order valence-electron chi connectivity index (χ4n) is 0.342. The van der Waals surface area contributed by atoms with E-state index in [2.05, 4.69) is 6.07 Å². The molecule has 1 aromatic rings. The normalized spacial score (nSPS) is 9.07. The van der Waals surface area contributed by atoms with Gasteiger partial charge in [0, 0.05) is 0 Å². The van der Waals surface area contributed by atoms with Gasteiger partial charge in [0.05, 0.1) is 0 Å². The Kier molecular flexibility index (Phi) is 8.82. The summed E-state index contributed by atoms with van der Waals surface area (Å²) in [6.45, 7) is 0. The van der Waals surface area contributed by atoms with Crippen LogP contribution in [-0.2, 0) is 32.5 Å². The second-order valence-electron chi connectivity index (χ2n) is 1.86. The molecule has 1 rings (SSSR count). The number of halogens is 3. The van der Waals surface area contributed by atoms with Gasteiger partial charge in [0.2, 0.25) is 0 Å². The maximum Gasteiger partial charge on any atom is 1.00 e. The predicted molar refractivity (Wildman–Crippen MR) is 36.3 cm³/mol. The number of hydrogen-bond donors (Lipinski definition) is 0. The van der Waals surface area contributed by atoms with E-state index in [9.17, 15) is 13.2 Å². The first kappa shape index (κ1) is 15.9. The first-order valence-electron chi connectivity index (χ1n) is 3.14. The summed E-state index contributed by atoms with van der Waals surface area (Å²) in [5.41, 5.74) is 0. The number of carbonyl (C=O) groups excluding carboxylic acids is 1. The summed E-state index contributed by atoms with van der Waals surface area (Å²) in [4.78, 5) is 8.78. The van der Waals surface area contributed by atoms with Crippen molar-refractivity contribution in [3.05, 3.63) is 36.4 Å². The number of rotatable bonds is 0. The van der Waals surface area contributed by atoms with Crippen LogP contribution < -0.4 is 5.11 Å². The third-order valence-corrected chi connectivity index (χ3v) is 0.839. The van der Waals surface area contributed by atoms with Gasteiger partial charge in [-0.2, -0.15) is 13.2 Å². The van der Waals surface area contributed by atoms with Crippen molar-refractivity contribution in [3.8, 4) is 0 Å². The van der Waals surface area contributed by atoms with E-state index in [0.717, 1.165) is 0 Å². The van der Waals surface area contributed by atoms with E-state index in [0.29, 0.717) is 0 Å². The molecule has 72 valence electrons. The SMILES string of the molecule is O=C([O-])C(F)(F)F.[Hg+].[c]1ccccc1. The van der Waals surface area contributed by atoms with Crippen LogP contribution in [0.3, 0.4) is 0 Å². The second kappa shape index (κ2) is 7.79. The molecular weight excluding hydrogens is 386 g/mol. The monoisotopic (exact) mass is 392 g/mol. The zero-order chi connectivity index (χ0) is 10.3. The first-order valence-corrected chi connectivity index (χ1v) is 3.14. The molecule has 0 atom stereocenters. The Labute approximate surface area is 99.3 Å². The van der Waals surface area contributed by atoms with Crippen molar-refractivity contribution in [1.29, 1.82) is 0 Å². The van der Waals surface area contributed by atoms with Gasteiger partial charge in [-0.1, -0.05) is 30.3 Å². The molecule has 0 unspecified atom stereocenters. The van der Waals surface area contributed by atoms with E-state index >= 15 is 0 Å². The molecule has 0 N–H and O–H groups in total. The van der Waals surface area contributed by atoms with Crippen LogP contribution in [0.2, 0.25) is 0 Å². The van der Waals surface area contributed by atoms with Crippen molar-refractivity contribution in [1.82, 2.24) is 0 Å². The average molecular weight is 391 g/mol. The van der Waals surface area contributed by atoms with Gasteiger partial charge in [0.15, 0.2) is 0 Å². The van der Waals surface area contributed by atoms with Crippen LogP contribution in [0.1, 0.15) is 0 Å².